The highest BCUT2D eigenvalue weighted by molar-refractivity contribution is 6.10. The molecule has 0 aliphatic rings. The molecular weight excluding hydrogens is 268 g/mol. The summed E-state index contributed by atoms with van der Waals surface area (Å²) >= 11 is 0. The van der Waals surface area contributed by atoms with Gasteiger partial charge in [-0.05, 0) is 30.3 Å². The average molecular weight is 278 g/mol. The van der Waals surface area contributed by atoms with Crippen molar-refractivity contribution in [3.8, 4) is 6.07 Å². The highest BCUT2D eigenvalue weighted by Gasteiger charge is 2.13. The van der Waals surface area contributed by atoms with E-state index < -0.39 is 5.76 Å². The Labute approximate surface area is 119 Å². The van der Waals surface area contributed by atoms with Crippen molar-refractivity contribution in [1.82, 2.24) is 4.57 Å². The molecule has 0 N–H and O–H groups in total. The number of ketones is 1. The lowest BCUT2D eigenvalue weighted by Gasteiger charge is -2.01. The lowest BCUT2D eigenvalue weighted by Crippen LogP contribution is -2.08. The molecule has 0 amide bonds. The van der Waals surface area contributed by atoms with Gasteiger partial charge in [-0.2, -0.15) is 5.26 Å². The van der Waals surface area contributed by atoms with E-state index in [-0.39, 0.29) is 5.78 Å². The molecule has 5 nitrogen and oxygen atoms in total. The molecule has 0 aliphatic heterocycles. The molecule has 3 rings (SSSR count). The van der Waals surface area contributed by atoms with Gasteiger partial charge in [-0.3, -0.25) is 9.36 Å². The first-order valence-electron chi connectivity index (χ1n) is 6.24. The fraction of sp³-hybridized carbons (Fsp3) is 0.0625. The Bertz CT molecular complexity index is 958. The second kappa shape index (κ2) is 4.76. The fourth-order valence-corrected chi connectivity index (χ4v) is 2.17. The number of carbonyl (C=O) groups is 1. The van der Waals surface area contributed by atoms with Crippen LogP contribution in [0.15, 0.2) is 51.7 Å². The Kier molecular flexibility index (Phi) is 2.92. The Morgan fingerprint density at radius 3 is 2.71 bits per heavy atom. The summed E-state index contributed by atoms with van der Waals surface area (Å²) < 4.78 is 6.45. The van der Waals surface area contributed by atoms with Crippen LogP contribution in [0.3, 0.4) is 0 Å². The van der Waals surface area contributed by atoms with Crippen molar-refractivity contribution in [2.75, 3.05) is 0 Å². The molecule has 0 saturated heterocycles. The van der Waals surface area contributed by atoms with Crippen LogP contribution in [0, 0.1) is 11.3 Å². The number of carbonyl (C=O) groups excluding carboxylic acids is 1. The Morgan fingerprint density at radius 2 is 1.95 bits per heavy atom. The molecule has 0 fully saturated rings. The summed E-state index contributed by atoms with van der Waals surface area (Å²) in [5.74, 6) is -0.693. The van der Waals surface area contributed by atoms with Crippen LogP contribution in [0.25, 0.3) is 11.1 Å². The number of fused-ring (bicyclic) bond motifs is 1. The van der Waals surface area contributed by atoms with Crippen LogP contribution in [-0.2, 0) is 7.05 Å². The van der Waals surface area contributed by atoms with Gasteiger partial charge in [0, 0.05) is 18.2 Å². The third-order valence-electron chi connectivity index (χ3n) is 3.31. The van der Waals surface area contributed by atoms with Gasteiger partial charge in [-0.15, -0.1) is 0 Å². The van der Waals surface area contributed by atoms with Crippen molar-refractivity contribution in [3.05, 3.63) is 69.7 Å². The van der Waals surface area contributed by atoms with Crippen LogP contribution in [0.5, 0.6) is 0 Å². The highest BCUT2D eigenvalue weighted by Crippen LogP contribution is 2.17. The predicted molar refractivity (Wildman–Crippen MR) is 76.0 cm³/mol. The highest BCUT2D eigenvalue weighted by atomic mass is 16.4. The van der Waals surface area contributed by atoms with E-state index in [4.69, 9.17) is 9.68 Å². The number of aryl methyl sites for hydroxylation is 1. The van der Waals surface area contributed by atoms with Gasteiger partial charge < -0.3 is 4.42 Å². The van der Waals surface area contributed by atoms with Gasteiger partial charge in [0.25, 0.3) is 0 Å². The summed E-state index contributed by atoms with van der Waals surface area (Å²) in [6, 6.07) is 13.3. The molecule has 0 bridgehead atoms. The van der Waals surface area contributed by atoms with Gasteiger partial charge in [0.05, 0.1) is 17.1 Å². The number of rotatable bonds is 2. The topological polar surface area (TPSA) is 76.0 Å². The van der Waals surface area contributed by atoms with Crippen LogP contribution in [0.2, 0.25) is 0 Å². The molecule has 102 valence electrons. The van der Waals surface area contributed by atoms with E-state index in [2.05, 4.69) is 0 Å². The fourth-order valence-electron chi connectivity index (χ4n) is 2.17. The summed E-state index contributed by atoms with van der Waals surface area (Å²) in [5, 5.41) is 8.88. The molecule has 0 aliphatic carbocycles. The zero-order chi connectivity index (χ0) is 15.0. The van der Waals surface area contributed by atoms with Crippen molar-refractivity contribution in [2.45, 2.75) is 0 Å². The summed E-state index contributed by atoms with van der Waals surface area (Å²) in [4.78, 5) is 23.9. The molecule has 1 aromatic heterocycles. The monoisotopic (exact) mass is 278 g/mol. The largest absolute Gasteiger partial charge is 0.419 e. The molecular formula is C16H10N2O3. The lowest BCUT2D eigenvalue weighted by molar-refractivity contribution is 0.103. The van der Waals surface area contributed by atoms with Crippen LogP contribution >= 0.6 is 0 Å². The second-order valence-electron chi connectivity index (χ2n) is 4.63. The minimum Gasteiger partial charge on any atom is -0.408 e. The van der Waals surface area contributed by atoms with Crippen molar-refractivity contribution in [1.29, 1.82) is 5.26 Å². The molecule has 21 heavy (non-hydrogen) atoms. The molecule has 0 atom stereocenters. The standard InChI is InChI=1S/C16H10N2O3/c1-18-13-6-5-12(8-14(13)21-16(18)20)15(19)11-4-2-3-10(7-11)9-17/h2-8H,1H3. The third-order valence-corrected chi connectivity index (χ3v) is 3.31. The van der Waals surface area contributed by atoms with Gasteiger partial charge in [0.2, 0.25) is 0 Å². The molecule has 3 aromatic rings. The van der Waals surface area contributed by atoms with Gasteiger partial charge in [-0.1, -0.05) is 12.1 Å². The average Bonchev–Trinajstić information content (AvgIpc) is 2.81. The van der Waals surface area contributed by atoms with Crippen LogP contribution < -0.4 is 5.76 Å². The van der Waals surface area contributed by atoms with Gasteiger partial charge in [-0.25, -0.2) is 4.79 Å². The number of hydrogen-bond donors (Lipinski definition) is 0. The maximum atomic E-state index is 12.4. The number of hydrogen-bond acceptors (Lipinski definition) is 4. The quantitative estimate of drug-likeness (QED) is 0.673. The molecule has 0 unspecified atom stereocenters. The van der Waals surface area contributed by atoms with Gasteiger partial charge in [0.1, 0.15) is 0 Å². The first-order chi connectivity index (χ1) is 10.1. The third kappa shape index (κ3) is 2.13. The second-order valence-corrected chi connectivity index (χ2v) is 4.63. The van der Waals surface area contributed by atoms with Crippen LogP contribution in [0.4, 0.5) is 0 Å². The van der Waals surface area contributed by atoms with E-state index in [1.807, 2.05) is 6.07 Å². The molecule has 1 heterocycles. The van der Waals surface area contributed by atoms with Crippen molar-refractivity contribution < 1.29 is 9.21 Å². The van der Waals surface area contributed by atoms with E-state index >= 15 is 0 Å². The minimum atomic E-state index is -0.471. The first-order valence-corrected chi connectivity index (χ1v) is 6.24. The number of nitriles is 1. The normalized spacial score (nSPS) is 10.5. The maximum absolute atomic E-state index is 12.4. The van der Waals surface area contributed by atoms with Crippen molar-refractivity contribution in [3.63, 3.8) is 0 Å². The predicted octanol–water partition coefficient (Wildman–Crippen LogP) is 2.23. The van der Waals surface area contributed by atoms with E-state index in [1.54, 1.807) is 37.4 Å². The Hall–Kier alpha value is -3.13. The van der Waals surface area contributed by atoms with E-state index in [0.717, 1.165) is 0 Å². The Balaban J connectivity index is 2.09. The number of oxazole rings is 1. The van der Waals surface area contributed by atoms with Gasteiger partial charge in [0.15, 0.2) is 11.4 Å². The molecule has 0 radical (unpaired) electrons. The van der Waals surface area contributed by atoms with Crippen molar-refractivity contribution >= 4 is 16.9 Å². The summed E-state index contributed by atoms with van der Waals surface area (Å²) in [6.07, 6.45) is 0. The summed E-state index contributed by atoms with van der Waals surface area (Å²) in [6.45, 7) is 0. The number of nitrogens with zero attached hydrogens (tertiary/aromatic N) is 2. The van der Waals surface area contributed by atoms with E-state index in [9.17, 15) is 9.59 Å². The smallest absolute Gasteiger partial charge is 0.408 e. The molecule has 5 heteroatoms. The maximum Gasteiger partial charge on any atom is 0.419 e. The zero-order valence-corrected chi connectivity index (χ0v) is 11.2. The molecule has 2 aromatic carbocycles. The number of aromatic nitrogens is 1. The Morgan fingerprint density at radius 1 is 1.19 bits per heavy atom. The molecule has 0 spiro atoms. The van der Waals surface area contributed by atoms with E-state index in [0.29, 0.717) is 27.8 Å². The first kappa shape index (κ1) is 12.9. The van der Waals surface area contributed by atoms with Gasteiger partial charge >= 0.3 is 5.76 Å². The lowest BCUT2D eigenvalue weighted by atomic mass is 10.0. The number of benzene rings is 2. The van der Waals surface area contributed by atoms with E-state index in [1.165, 1.54) is 16.7 Å². The molecule has 0 saturated carbocycles. The van der Waals surface area contributed by atoms with Crippen LogP contribution in [-0.4, -0.2) is 10.4 Å². The van der Waals surface area contributed by atoms with Crippen LogP contribution in [0.1, 0.15) is 21.5 Å². The van der Waals surface area contributed by atoms with Crippen molar-refractivity contribution in [2.24, 2.45) is 7.05 Å². The minimum absolute atomic E-state index is 0.222. The SMILES string of the molecule is Cn1c(=O)oc2cc(C(=O)c3cccc(C#N)c3)ccc21. The summed E-state index contributed by atoms with van der Waals surface area (Å²) in [5.41, 5.74) is 2.25. The zero-order valence-electron chi connectivity index (χ0n) is 11.2. The summed E-state index contributed by atoms with van der Waals surface area (Å²) in [7, 11) is 1.60.